The maximum Gasteiger partial charge on any atom is 0.251 e. The molecule has 0 saturated heterocycles. The van der Waals surface area contributed by atoms with Crippen molar-refractivity contribution in [1.82, 2.24) is 35.2 Å². The van der Waals surface area contributed by atoms with Crippen LogP contribution in [0.25, 0.3) is 16.7 Å². The third-order valence-corrected chi connectivity index (χ3v) is 4.28. The summed E-state index contributed by atoms with van der Waals surface area (Å²) in [5, 5.41) is 18.0. The van der Waals surface area contributed by atoms with Crippen LogP contribution in [0.4, 0.5) is 11.5 Å². The van der Waals surface area contributed by atoms with Gasteiger partial charge in [-0.1, -0.05) is 26.0 Å². The molecule has 0 aliphatic carbocycles. The van der Waals surface area contributed by atoms with Gasteiger partial charge < -0.3 is 15.5 Å². The number of para-hydroxylation sites is 2. The first-order valence-electron chi connectivity index (χ1n) is 9.89. The Bertz CT molecular complexity index is 1120. The molecule has 0 radical (unpaired) electrons. The number of fused-ring (bicyclic) bond motifs is 3. The molecule has 2 aromatic carbocycles. The summed E-state index contributed by atoms with van der Waals surface area (Å²) >= 11 is 0. The number of likely N-dealkylation sites (N-methyl/N-ethyl adjacent to an activating group) is 1. The number of anilines is 2. The molecule has 9 heteroatoms. The van der Waals surface area contributed by atoms with Crippen molar-refractivity contribution < 1.29 is 4.79 Å². The monoisotopic (exact) mass is 406 g/mol. The van der Waals surface area contributed by atoms with Crippen molar-refractivity contribution in [1.29, 1.82) is 0 Å². The number of carbonyl (C=O) groups excluding carboxylic acids is 1. The minimum absolute atomic E-state index is 0.0960. The first-order valence-corrected chi connectivity index (χ1v) is 9.89. The standard InChI is InChI=1S/C19H20N8O.C2H6/c1-26(2)12-11-20-19(28)13-7-9-14(10-8-13)21-17-18-23-24-25-27(18)16-6-4-3-5-15(16)22-17;1-2/h3-10H,11-12H2,1-2H3,(H,20,28)(H,21,22);1-2H3. The Balaban J connectivity index is 0.00000124. The molecule has 9 nitrogen and oxygen atoms in total. The Morgan fingerprint density at radius 2 is 1.80 bits per heavy atom. The molecule has 2 heterocycles. The van der Waals surface area contributed by atoms with Crippen LogP contribution in [-0.4, -0.2) is 63.0 Å². The molecule has 0 spiro atoms. The van der Waals surface area contributed by atoms with E-state index in [1.54, 1.807) is 16.6 Å². The lowest BCUT2D eigenvalue weighted by atomic mass is 10.2. The van der Waals surface area contributed by atoms with E-state index in [4.69, 9.17) is 0 Å². The number of carbonyl (C=O) groups is 1. The number of nitrogens with zero attached hydrogens (tertiary/aromatic N) is 6. The van der Waals surface area contributed by atoms with Crippen molar-refractivity contribution in [2.45, 2.75) is 13.8 Å². The number of benzene rings is 2. The van der Waals surface area contributed by atoms with Gasteiger partial charge in [-0.3, -0.25) is 4.79 Å². The third-order valence-electron chi connectivity index (χ3n) is 4.28. The largest absolute Gasteiger partial charge is 0.351 e. The van der Waals surface area contributed by atoms with Gasteiger partial charge in [0.15, 0.2) is 5.82 Å². The van der Waals surface area contributed by atoms with E-state index in [1.807, 2.05) is 69.2 Å². The molecule has 0 fully saturated rings. The van der Waals surface area contributed by atoms with Crippen molar-refractivity contribution >= 4 is 34.1 Å². The zero-order valence-corrected chi connectivity index (χ0v) is 17.6. The molecule has 0 aliphatic heterocycles. The molecule has 30 heavy (non-hydrogen) atoms. The van der Waals surface area contributed by atoms with Gasteiger partial charge in [0.2, 0.25) is 5.65 Å². The lowest BCUT2D eigenvalue weighted by Crippen LogP contribution is -2.31. The van der Waals surface area contributed by atoms with E-state index in [-0.39, 0.29) is 5.91 Å². The highest BCUT2D eigenvalue weighted by molar-refractivity contribution is 5.94. The van der Waals surface area contributed by atoms with Gasteiger partial charge in [-0.2, -0.15) is 4.52 Å². The fourth-order valence-corrected chi connectivity index (χ4v) is 2.83. The van der Waals surface area contributed by atoms with Gasteiger partial charge in [-0.25, -0.2) is 4.98 Å². The highest BCUT2D eigenvalue weighted by Gasteiger charge is 2.12. The fraction of sp³-hybridized carbons (Fsp3) is 0.286. The Kier molecular flexibility index (Phi) is 6.87. The van der Waals surface area contributed by atoms with Gasteiger partial charge in [0.1, 0.15) is 0 Å². The summed E-state index contributed by atoms with van der Waals surface area (Å²) in [6.45, 7) is 5.39. The minimum Gasteiger partial charge on any atom is -0.351 e. The number of amides is 1. The van der Waals surface area contributed by atoms with E-state index in [0.717, 1.165) is 23.3 Å². The number of hydrogen-bond donors (Lipinski definition) is 2. The van der Waals surface area contributed by atoms with Crippen molar-refractivity contribution in [2.24, 2.45) is 0 Å². The van der Waals surface area contributed by atoms with Crippen LogP contribution < -0.4 is 10.6 Å². The van der Waals surface area contributed by atoms with Gasteiger partial charge in [0.05, 0.1) is 11.0 Å². The molecule has 4 aromatic rings. The summed E-state index contributed by atoms with van der Waals surface area (Å²) in [5.74, 6) is 0.452. The highest BCUT2D eigenvalue weighted by Crippen LogP contribution is 2.22. The Morgan fingerprint density at radius 1 is 1.07 bits per heavy atom. The molecular weight excluding hydrogens is 380 g/mol. The lowest BCUT2D eigenvalue weighted by Gasteiger charge is -2.11. The van der Waals surface area contributed by atoms with Crippen LogP contribution in [0.1, 0.15) is 24.2 Å². The summed E-state index contributed by atoms with van der Waals surface area (Å²) in [6.07, 6.45) is 0. The number of tetrazole rings is 1. The normalized spacial score (nSPS) is 10.7. The van der Waals surface area contributed by atoms with Gasteiger partial charge in [-0.05, 0) is 60.9 Å². The smallest absolute Gasteiger partial charge is 0.251 e. The second kappa shape index (κ2) is 9.75. The summed E-state index contributed by atoms with van der Waals surface area (Å²) in [4.78, 5) is 18.8. The molecule has 1 amide bonds. The SMILES string of the molecule is CC.CN(C)CCNC(=O)c1ccc(Nc2nc3ccccc3n3nnnc23)cc1. The zero-order chi connectivity index (χ0) is 21.5. The molecule has 0 unspecified atom stereocenters. The molecule has 0 saturated carbocycles. The summed E-state index contributed by atoms with van der Waals surface area (Å²) in [6, 6.07) is 14.9. The van der Waals surface area contributed by atoms with E-state index in [2.05, 4.69) is 31.1 Å². The van der Waals surface area contributed by atoms with Crippen LogP contribution >= 0.6 is 0 Å². The molecule has 2 N–H and O–H groups in total. The molecule has 0 bridgehead atoms. The number of nitrogens with one attached hydrogen (secondary N) is 2. The summed E-state index contributed by atoms with van der Waals surface area (Å²) < 4.78 is 1.65. The molecule has 2 aromatic heterocycles. The molecular formula is C21H26N8O. The topological polar surface area (TPSA) is 100 Å². The van der Waals surface area contributed by atoms with E-state index < -0.39 is 0 Å². The quantitative estimate of drug-likeness (QED) is 0.508. The van der Waals surface area contributed by atoms with Crippen molar-refractivity contribution in [2.75, 3.05) is 32.5 Å². The molecule has 156 valence electrons. The predicted molar refractivity (Wildman–Crippen MR) is 118 cm³/mol. The minimum atomic E-state index is -0.0960. The number of rotatable bonds is 6. The van der Waals surface area contributed by atoms with E-state index in [9.17, 15) is 4.79 Å². The van der Waals surface area contributed by atoms with Crippen LogP contribution in [0.2, 0.25) is 0 Å². The van der Waals surface area contributed by atoms with Gasteiger partial charge >= 0.3 is 0 Å². The molecule has 0 atom stereocenters. The maximum absolute atomic E-state index is 12.2. The third kappa shape index (κ3) is 4.69. The van der Waals surface area contributed by atoms with Crippen LogP contribution in [0.15, 0.2) is 48.5 Å². The number of aromatic nitrogens is 5. The highest BCUT2D eigenvalue weighted by atomic mass is 16.1. The van der Waals surface area contributed by atoms with Crippen molar-refractivity contribution in [3.05, 3.63) is 54.1 Å². The molecule has 4 rings (SSSR count). The van der Waals surface area contributed by atoms with Gasteiger partial charge in [0.25, 0.3) is 5.91 Å². The predicted octanol–water partition coefficient (Wildman–Crippen LogP) is 2.73. The zero-order valence-electron chi connectivity index (χ0n) is 17.6. The van der Waals surface area contributed by atoms with E-state index in [0.29, 0.717) is 23.6 Å². The lowest BCUT2D eigenvalue weighted by molar-refractivity contribution is 0.0951. The van der Waals surface area contributed by atoms with Crippen LogP contribution in [0, 0.1) is 0 Å². The average Bonchev–Trinajstić information content (AvgIpc) is 3.26. The number of hydrogen-bond acceptors (Lipinski definition) is 7. The summed E-state index contributed by atoms with van der Waals surface area (Å²) in [7, 11) is 3.94. The van der Waals surface area contributed by atoms with Gasteiger partial charge in [-0.15, -0.1) is 5.10 Å². The average molecular weight is 406 g/mol. The Labute approximate surface area is 175 Å². The fourth-order valence-electron chi connectivity index (χ4n) is 2.83. The van der Waals surface area contributed by atoms with Crippen molar-refractivity contribution in [3.63, 3.8) is 0 Å². The maximum atomic E-state index is 12.2. The van der Waals surface area contributed by atoms with Crippen LogP contribution in [0.3, 0.4) is 0 Å². The summed E-state index contributed by atoms with van der Waals surface area (Å²) in [5.41, 5.74) is 3.53. The van der Waals surface area contributed by atoms with Crippen molar-refractivity contribution in [3.8, 4) is 0 Å². The van der Waals surface area contributed by atoms with Gasteiger partial charge in [0, 0.05) is 24.3 Å². The first-order chi connectivity index (χ1) is 14.6. The van der Waals surface area contributed by atoms with E-state index >= 15 is 0 Å². The second-order valence-corrected chi connectivity index (χ2v) is 6.62. The Hall–Kier alpha value is -3.59. The second-order valence-electron chi connectivity index (χ2n) is 6.62. The van der Waals surface area contributed by atoms with Crippen LogP contribution in [0.5, 0.6) is 0 Å². The van der Waals surface area contributed by atoms with Crippen LogP contribution in [-0.2, 0) is 0 Å². The Morgan fingerprint density at radius 3 is 2.53 bits per heavy atom. The first kappa shape index (κ1) is 21.1. The molecule has 0 aliphatic rings. The van der Waals surface area contributed by atoms with E-state index in [1.165, 1.54) is 0 Å².